The fraction of sp³-hybridized carbons (Fsp3) is 0.545. The topological polar surface area (TPSA) is 62.3 Å². The molecule has 1 saturated heterocycles. The van der Waals surface area contributed by atoms with Crippen molar-refractivity contribution in [3.63, 3.8) is 0 Å². The van der Waals surface area contributed by atoms with Crippen LogP contribution < -0.4 is 5.32 Å². The van der Waals surface area contributed by atoms with Gasteiger partial charge < -0.3 is 5.32 Å². The number of aromatic nitrogens is 1. The maximum absolute atomic E-state index is 12.4. The summed E-state index contributed by atoms with van der Waals surface area (Å²) in [7, 11) is -1.59. The van der Waals surface area contributed by atoms with Gasteiger partial charge in [0.05, 0.1) is 0 Å². The number of halogens is 1. The van der Waals surface area contributed by atoms with Gasteiger partial charge in [0, 0.05) is 25.3 Å². The Balaban J connectivity index is 0.00000162. The molecule has 0 amide bonds. The van der Waals surface area contributed by atoms with Crippen molar-refractivity contribution in [1.29, 1.82) is 0 Å². The van der Waals surface area contributed by atoms with Gasteiger partial charge in [-0.3, -0.25) is 0 Å². The Morgan fingerprint density at radius 2 is 2.28 bits per heavy atom. The van der Waals surface area contributed by atoms with Crippen LogP contribution in [-0.2, 0) is 10.0 Å². The van der Waals surface area contributed by atoms with Gasteiger partial charge in [-0.2, -0.15) is 4.31 Å². The zero-order valence-electron chi connectivity index (χ0n) is 10.2. The largest absolute Gasteiger partial charge is 0.318 e. The molecular weight excluding hydrogens is 274 g/mol. The first kappa shape index (κ1) is 15.4. The van der Waals surface area contributed by atoms with E-state index in [0.717, 1.165) is 12.8 Å². The zero-order valence-corrected chi connectivity index (χ0v) is 11.9. The van der Waals surface area contributed by atoms with E-state index in [0.29, 0.717) is 13.1 Å². The van der Waals surface area contributed by atoms with Crippen molar-refractivity contribution in [2.75, 3.05) is 20.1 Å². The second-order valence-corrected chi connectivity index (χ2v) is 5.97. The lowest BCUT2D eigenvalue weighted by Crippen LogP contribution is -2.41. The Morgan fingerprint density at radius 3 is 2.89 bits per heavy atom. The minimum Gasteiger partial charge on any atom is -0.318 e. The first-order valence-electron chi connectivity index (χ1n) is 5.73. The molecule has 1 aromatic rings. The monoisotopic (exact) mass is 291 g/mol. The van der Waals surface area contributed by atoms with Crippen molar-refractivity contribution in [3.8, 4) is 0 Å². The molecule has 1 atom stereocenters. The van der Waals surface area contributed by atoms with Crippen LogP contribution in [0.3, 0.4) is 0 Å². The Labute approximate surface area is 114 Å². The molecule has 1 N–H and O–H groups in total. The van der Waals surface area contributed by atoms with Crippen molar-refractivity contribution in [1.82, 2.24) is 14.6 Å². The number of nitrogens with zero attached hydrogens (tertiary/aromatic N) is 2. The van der Waals surface area contributed by atoms with Gasteiger partial charge in [0.2, 0.25) is 0 Å². The maximum atomic E-state index is 12.4. The van der Waals surface area contributed by atoms with Crippen LogP contribution in [0, 0.1) is 0 Å². The van der Waals surface area contributed by atoms with Crippen LogP contribution in [0.15, 0.2) is 29.4 Å². The third-order valence-electron chi connectivity index (χ3n) is 2.97. The fourth-order valence-electron chi connectivity index (χ4n) is 2.19. The smallest absolute Gasteiger partial charge is 0.260 e. The summed E-state index contributed by atoms with van der Waals surface area (Å²) in [6.07, 6.45) is 3.33. The van der Waals surface area contributed by atoms with Crippen LogP contribution in [-0.4, -0.2) is 43.9 Å². The summed E-state index contributed by atoms with van der Waals surface area (Å²) in [6, 6.07) is 5.01. The van der Waals surface area contributed by atoms with Crippen LogP contribution >= 0.6 is 12.4 Å². The lowest BCUT2D eigenvalue weighted by Gasteiger charge is -2.23. The quantitative estimate of drug-likeness (QED) is 0.894. The van der Waals surface area contributed by atoms with Crippen LogP contribution in [0.2, 0.25) is 0 Å². The predicted octanol–water partition coefficient (Wildman–Crippen LogP) is 0.876. The van der Waals surface area contributed by atoms with Crippen LogP contribution in [0.5, 0.6) is 0 Å². The summed E-state index contributed by atoms with van der Waals surface area (Å²) in [5.74, 6) is 0. The molecule has 2 rings (SSSR count). The molecule has 0 spiro atoms. The van der Waals surface area contributed by atoms with Crippen molar-refractivity contribution in [2.24, 2.45) is 0 Å². The summed E-state index contributed by atoms with van der Waals surface area (Å²) < 4.78 is 26.3. The van der Waals surface area contributed by atoms with Crippen LogP contribution in [0.4, 0.5) is 0 Å². The molecule has 18 heavy (non-hydrogen) atoms. The van der Waals surface area contributed by atoms with E-state index in [9.17, 15) is 8.42 Å². The first-order chi connectivity index (χ1) is 8.16. The molecule has 0 saturated carbocycles. The number of nitrogens with one attached hydrogen (secondary N) is 1. The summed E-state index contributed by atoms with van der Waals surface area (Å²) in [4.78, 5) is 3.94. The Kier molecular flexibility index (Phi) is 5.52. The molecule has 1 unspecified atom stereocenters. The molecular formula is C11H18ClN3O2S. The van der Waals surface area contributed by atoms with Crippen molar-refractivity contribution >= 4 is 22.4 Å². The number of hydrogen-bond donors (Lipinski definition) is 1. The van der Waals surface area contributed by atoms with Gasteiger partial charge in [0.25, 0.3) is 10.0 Å². The minimum absolute atomic E-state index is 0. The van der Waals surface area contributed by atoms with Gasteiger partial charge in [-0.1, -0.05) is 6.07 Å². The average Bonchev–Trinajstić information content (AvgIpc) is 2.80. The summed E-state index contributed by atoms with van der Waals surface area (Å²) in [6.45, 7) is 1.28. The molecule has 0 aliphatic carbocycles. The fourth-order valence-corrected chi connectivity index (χ4v) is 3.81. The van der Waals surface area contributed by atoms with E-state index >= 15 is 0 Å². The first-order valence-corrected chi connectivity index (χ1v) is 7.18. The third-order valence-corrected chi connectivity index (χ3v) is 4.84. The average molecular weight is 292 g/mol. The number of likely N-dealkylation sites (N-methyl/N-ethyl adjacent to an activating group) is 1. The highest BCUT2D eigenvalue weighted by Crippen LogP contribution is 2.24. The molecule has 5 nitrogen and oxygen atoms in total. The molecule has 2 heterocycles. The molecule has 0 bridgehead atoms. The zero-order chi connectivity index (χ0) is 12.3. The van der Waals surface area contributed by atoms with Gasteiger partial charge in [-0.25, -0.2) is 13.4 Å². The van der Waals surface area contributed by atoms with Gasteiger partial charge in [-0.05, 0) is 32.0 Å². The lowest BCUT2D eigenvalue weighted by molar-refractivity contribution is 0.377. The van der Waals surface area contributed by atoms with E-state index < -0.39 is 10.0 Å². The second kappa shape index (κ2) is 6.47. The molecule has 1 aromatic heterocycles. The number of pyridine rings is 1. The molecule has 0 radical (unpaired) electrons. The Hall–Kier alpha value is -0.690. The van der Waals surface area contributed by atoms with Crippen LogP contribution in [0.1, 0.15) is 12.8 Å². The van der Waals surface area contributed by atoms with E-state index in [2.05, 4.69) is 10.3 Å². The summed E-state index contributed by atoms with van der Waals surface area (Å²) >= 11 is 0. The highest BCUT2D eigenvalue weighted by molar-refractivity contribution is 7.89. The van der Waals surface area contributed by atoms with Gasteiger partial charge in [0.15, 0.2) is 5.03 Å². The molecule has 102 valence electrons. The molecule has 1 fully saturated rings. The van der Waals surface area contributed by atoms with Crippen molar-refractivity contribution in [2.45, 2.75) is 23.9 Å². The SMILES string of the molecule is CNCC1CCCN1S(=O)(=O)c1ccccn1.Cl. The van der Waals surface area contributed by atoms with E-state index in [1.165, 1.54) is 6.20 Å². The number of rotatable bonds is 4. The molecule has 1 aliphatic rings. The standard InChI is InChI=1S/C11H17N3O2S.ClH/c1-12-9-10-5-4-8-14(10)17(15,16)11-6-2-3-7-13-11;/h2-3,6-7,10,12H,4-5,8-9H2,1H3;1H. The minimum atomic E-state index is -3.43. The number of sulfonamides is 1. The highest BCUT2D eigenvalue weighted by atomic mass is 35.5. The highest BCUT2D eigenvalue weighted by Gasteiger charge is 2.35. The normalized spacial score (nSPS) is 20.6. The molecule has 0 aromatic carbocycles. The molecule has 7 heteroatoms. The van der Waals surface area contributed by atoms with E-state index in [1.54, 1.807) is 22.5 Å². The van der Waals surface area contributed by atoms with Gasteiger partial charge >= 0.3 is 0 Å². The predicted molar refractivity (Wildman–Crippen MR) is 72.3 cm³/mol. The lowest BCUT2D eigenvalue weighted by atomic mass is 10.2. The Morgan fingerprint density at radius 1 is 1.50 bits per heavy atom. The van der Waals surface area contributed by atoms with Gasteiger partial charge in [0.1, 0.15) is 0 Å². The van der Waals surface area contributed by atoms with Crippen molar-refractivity contribution < 1.29 is 8.42 Å². The van der Waals surface area contributed by atoms with Crippen molar-refractivity contribution in [3.05, 3.63) is 24.4 Å². The van der Waals surface area contributed by atoms with E-state index in [-0.39, 0.29) is 23.5 Å². The summed E-state index contributed by atoms with van der Waals surface area (Å²) in [5.41, 5.74) is 0. The molecule has 1 aliphatic heterocycles. The third kappa shape index (κ3) is 3.00. The van der Waals surface area contributed by atoms with E-state index in [4.69, 9.17) is 0 Å². The maximum Gasteiger partial charge on any atom is 0.260 e. The van der Waals surface area contributed by atoms with E-state index in [1.807, 2.05) is 7.05 Å². The van der Waals surface area contributed by atoms with Crippen LogP contribution in [0.25, 0.3) is 0 Å². The number of hydrogen-bond acceptors (Lipinski definition) is 4. The second-order valence-electron chi connectivity index (χ2n) is 4.14. The Bertz CT molecular complexity index is 466. The van der Waals surface area contributed by atoms with Gasteiger partial charge in [-0.15, -0.1) is 12.4 Å². The summed E-state index contributed by atoms with van der Waals surface area (Å²) in [5, 5.41) is 3.18.